The minimum Gasteiger partial charge on any atom is -0.305 e. The van der Waals surface area contributed by atoms with E-state index in [0.717, 1.165) is 90.1 Å². The van der Waals surface area contributed by atoms with Gasteiger partial charge in [0.2, 0.25) is 0 Å². The van der Waals surface area contributed by atoms with E-state index < -0.39 is 32.3 Å². The average molecular weight is 2650 g/mol. The van der Waals surface area contributed by atoms with Crippen LogP contribution in [0.2, 0.25) is 78.6 Å². The predicted molar refractivity (Wildman–Crippen MR) is 601 cm³/mol. The zero-order valence-corrected chi connectivity index (χ0v) is 98.1. The van der Waals surface area contributed by atoms with Crippen LogP contribution in [0.1, 0.15) is 22.3 Å². The molecule has 8 nitrogen and oxygen atoms in total. The van der Waals surface area contributed by atoms with Crippen LogP contribution in [0.4, 0.5) is 0 Å². The number of hydrogen-bond donors (Lipinski definition) is 0. The Morgan fingerprint density at radius 1 is 0.174 bits per heavy atom. The van der Waals surface area contributed by atoms with Crippen molar-refractivity contribution < 1.29 is 80.4 Å². The topological polar surface area (TPSA) is 103 Å². The maximum Gasteiger partial charge on any atom is 0.0767 e. The fourth-order valence-electron chi connectivity index (χ4n) is 15.4. The third-order valence-electron chi connectivity index (χ3n) is 23.1. The third-order valence-corrected chi connectivity index (χ3v) is 31.2. The standard InChI is InChI=1S/4C20H20NSi.4C12H10N.4Ir/c2*1-22(2,3)19-13-8-14-21-20(19)18-12-7-11-17(15-18)16-9-5-4-6-10-16;2*1-22(2,3)19-12-13-21-20(15-19)18-11-7-10-17(14-18)16-8-5-4-6-9-16;4*1-10-6-2-3-7-11(10)12-8-4-5-9-13-12;;;;/h2*4-11,13-15H,1-3H3;2*4-10,12-15H,1-3H3;4*2-6,8-9H,1H3;;;;/q8*-1;;;;. The first kappa shape index (κ1) is 115. The molecule has 0 saturated carbocycles. The summed E-state index contributed by atoms with van der Waals surface area (Å²) in [5.74, 6) is 0. The molecule has 0 aliphatic rings. The summed E-state index contributed by atoms with van der Waals surface area (Å²) in [4.78, 5) is 35.5. The fourth-order valence-corrected chi connectivity index (χ4v) is 20.7. The van der Waals surface area contributed by atoms with Gasteiger partial charge in [-0.25, -0.2) is 0 Å². The Balaban J connectivity index is 0.000000185. The van der Waals surface area contributed by atoms with Gasteiger partial charge in [0, 0.05) is 130 Å². The van der Waals surface area contributed by atoms with Crippen LogP contribution in [0.5, 0.6) is 0 Å². The Kier molecular flexibility index (Phi) is 45.6. The Morgan fingerprint density at radius 2 is 0.410 bits per heavy atom. The van der Waals surface area contributed by atoms with Crippen molar-refractivity contribution in [2.75, 3.05) is 0 Å². The van der Waals surface area contributed by atoms with Gasteiger partial charge in [0.05, 0.1) is 32.3 Å². The molecule has 20 aromatic rings. The van der Waals surface area contributed by atoms with Gasteiger partial charge in [0.15, 0.2) is 0 Å². The van der Waals surface area contributed by atoms with E-state index in [1.54, 1.807) is 24.8 Å². The molecule has 0 N–H and O–H groups in total. The maximum absolute atomic E-state index is 4.65. The van der Waals surface area contributed by atoms with Crippen molar-refractivity contribution in [2.24, 2.45) is 0 Å². The molecule has 0 spiro atoms. The van der Waals surface area contributed by atoms with E-state index in [0.29, 0.717) is 0 Å². The Bertz CT molecular complexity index is 6660. The van der Waals surface area contributed by atoms with Crippen molar-refractivity contribution in [2.45, 2.75) is 106 Å². The van der Waals surface area contributed by atoms with Gasteiger partial charge in [0.25, 0.3) is 0 Å². The summed E-state index contributed by atoms with van der Waals surface area (Å²) in [5, 5.41) is 5.62. The van der Waals surface area contributed by atoms with Gasteiger partial charge < -0.3 is 39.9 Å². The first-order valence-electron chi connectivity index (χ1n) is 47.4. The van der Waals surface area contributed by atoms with Gasteiger partial charge in [-0.2, -0.15) is 0 Å². The number of rotatable bonds is 16. The molecule has 12 aromatic carbocycles. The van der Waals surface area contributed by atoms with Crippen LogP contribution in [-0.4, -0.2) is 72.2 Å². The van der Waals surface area contributed by atoms with E-state index in [1.165, 1.54) is 87.5 Å². The summed E-state index contributed by atoms with van der Waals surface area (Å²) in [6.07, 6.45) is 14.8. The van der Waals surface area contributed by atoms with E-state index in [1.807, 2.05) is 207 Å². The molecule has 0 saturated heterocycles. The summed E-state index contributed by atoms with van der Waals surface area (Å²) < 4.78 is 0. The van der Waals surface area contributed by atoms with Crippen LogP contribution in [-0.2, 0) is 80.4 Å². The first-order valence-corrected chi connectivity index (χ1v) is 61.4. The summed E-state index contributed by atoms with van der Waals surface area (Å²) in [7, 11) is -5.54. The molecule has 144 heavy (non-hydrogen) atoms. The summed E-state index contributed by atoms with van der Waals surface area (Å²) >= 11 is 0. The number of hydrogen-bond acceptors (Lipinski definition) is 8. The van der Waals surface area contributed by atoms with E-state index in [4.69, 9.17) is 0 Å². The second kappa shape index (κ2) is 57.1. The molecule has 0 bridgehead atoms. The van der Waals surface area contributed by atoms with Crippen molar-refractivity contribution in [1.29, 1.82) is 0 Å². The van der Waals surface area contributed by atoms with Crippen molar-refractivity contribution in [1.82, 2.24) is 39.9 Å². The van der Waals surface area contributed by atoms with Crippen LogP contribution in [0.3, 0.4) is 0 Å². The van der Waals surface area contributed by atoms with Crippen LogP contribution >= 0.6 is 0 Å². The SMILES string of the molecule is C[Si](C)(C)c1cccnc1-c1[c-]ccc(-c2ccccc2)c1.C[Si](C)(C)c1cccnc1-c1[c-]ccc(-c2ccccc2)c1.C[Si](C)(C)c1ccnc(-c2[c-]ccc(-c3ccccc3)c2)c1.C[Si](C)(C)c1ccnc(-c2[c-]ccc(-c3ccccc3)c2)c1.Cc1ccc[c-]c1-c1ccccn1.Cc1ccc[c-]c1-c1ccccn1.Cc1ccc[c-]c1-c1ccccn1.Cc1ccc[c-]c1-c1ccccn1.[Ir].[Ir].[Ir].[Ir]. The van der Waals surface area contributed by atoms with E-state index >= 15 is 0 Å². The van der Waals surface area contributed by atoms with E-state index in [-0.39, 0.29) is 80.4 Å². The monoisotopic (exact) mass is 2650 g/mol. The van der Waals surface area contributed by atoms with E-state index in [2.05, 4.69) is 401 Å². The molecule has 0 unspecified atom stereocenters. The summed E-state index contributed by atoms with van der Waals surface area (Å²) in [5.41, 5.74) is 31.3. The molecule has 20 rings (SSSR count). The summed E-state index contributed by atoms with van der Waals surface area (Å²) in [6, 6.07) is 158. The van der Waals surface area contributed by atoms with Crippen LogP contribution in [0.15, 0.2) is 438 Å². The minimum atomic E-state index is -1.44. The molecule has 0 fully saturated rings. The molecule has 0 aliphatic carbocycles. The number of aromatic nitrogens is 8. The Morgan fingerprint density at radius 3 is 0.646 bits per heavy atom. The van der Waals surface area contributed by atoms with Gasteiger partial charge in [-0.1, -0.05) is 321 Å². The van der Waals surface area contributed by atoms with Gasteiger partial charge in [-0.3, -0.25) is 0 Å². The van der Waals surface area contributed by atoms with Crippen LogP contribution in [0.25, 0.3) is 135 Å². The molecule has 8 heterocycles. The number of aryl methyl sites for hydroxylation is 4. The van der Waals surface area contributed by atoms with Crippen molar-refractivity contribution >= 4 is 53.0 Å². The van der Waals surface area contributed by atoms with Crippen molar-refractivity contribution in [3.05, 3.63) is 509 Å². The molecule has 8 aromatic heterocycles. The predicted octanol–water partition coefficient (Wildman–Crippen LogP) is 30.5. The number of nitrogens with zero attached hydrogens (tertiary/aromatic N) is 8. The minimum absolute atomic E-state index is 0. The van der Waals surface area contributed by atoms with Gasteiger partial charge in [0.1, 0.15) is 0 Å². The van der Waals surface area contributed by atoms with Crippen LogP contribution < -0.4 is 20.7 Å². The third kappa shape index (κ3) is 34.2. The molecule has 0 amide bonds. The molecule has 0 atom stereocenters. The maximum atomic E-state index is 4.65. The quantitative estimate of drug-likeness (QED) is 0.0696. The van der Waals surface area contributed by atoms with Gasteiger partial charge in [-0.15, -0.1) is 283 Å². The van der Waals surface area contributed by atoms with Crippen LogP contribution in [0, 0.1) is 76.2 Å². The van der Waals surface area contributed by atoms with Gasteiger partial charge >= 0.3 is 0 Å². The smallest absolute Gasteiger partial charge is 0.0767 e. The Hall–Kier alpha value is -12.7. The average Bonchev–Trinajstić information content (AvgIpc) is 0.789. The molecule has 0 aliphatic heterocycles. The largest absolute Gasteiger partial charge is 0.305 e. The van der Waals surface area contributed by atoms with E-state index in [9.17, 15) is 0 Å². The zero-order chi connectivity index (χ0) is 98.7. The van der Waals surface area contributed by atoms with Crippen molar-refractivity contribution in [3.63, 3.8) is 0 Å². The molecule has 16 heteroatoms. The molecule has 4 radical (unpaired) electrons. The second-order valence-corrected chi connectivity index (χ2v) is 58.1. The zero-order valence-electron chi connectivity index (χ0n) is 84.5. The van der Waals surface area contributed by atoms with Crippen molar-refractivity contribution in [3.8, 4) is 135 Å². The first-order chi connectivity index (χ1) is 67.7. The Labute approximate surface area is 914 Å². The normalized spacial score (nSPS) is 10.6. The number of pyridine rings is 8. The summed E-state index contributed by atoms with van der Waals surface area (Å²) in [6.45, 7) is 36.6. The molecule has 732 valence electrons. The number of benzene rings is 12. The molecular weight excluding hydrogens is 2530 g/mol. The second-order valence-electron chi connectivity index (χ2n) is 37.9. The molecular formula is C128H120Ir4N8Si4-8. The van der Waals surface area contributed by atoms with Gasteiger partial charge in [-0.05, 0) is 116 Å². The fraction of sp³-hybridized carbons (Fsp3) is 0.125.